The molecule has 180 valence electrons. The van der Waals surface area contributed by atoms with Crippen LogP contribution in [0.4, 0.5) is 0 Å². The van der Waals surface area contributed by atoms with Gasteiger partial charge in [-0.25, -0.2) is 9.97 Å². The zero-order valence-electron chi connectivity index (χ0n) is 20.9. The molecule has 0 radical (unpaired) electrons. The van der Waals surface area contributed by atoms with Crippen molar-refractivity contribution in [1.82, 2.24) is 19.1 Å². The Hall–Kier alpha value is -3.28. The summed E-state index contributed by atoms with van der Waals surface area (Å²) in [5, 5.41) is 0. The van der Waals surface area contributed by atoms with Gasteiger partial charge in [0.2, 0.25) is 11.8 Å². The van der Waals surface area contributed by atoms with E-state index in [9.17, 15) is 9.59 Å². The van der Waals surface area contributed by atoms with Crippen LogP contribution in [0.5, 0.6) is 0 Å². The van der Waals surface area contributed by atoms with Crippen molar-refractivity contribution >= 4 is 33.9 Å². The van der Waals surface area contributed by atoms with E-state index in [0.29, 0.717) is 12.8 Å². The quantitative estimate of drug-likeness (QED) is 0.262. The normalized spacial score (nSPS) is 10.9. The Morgan fingerprint density at radius 2 is 1.21 bits per heavy atom. The Kier molecular flexibility index (Phi) is 9.14. The highest BCUT2D eigenvalue weighted by molar-refractivity contribution is 5.91. The molecule has 4 aromatic rings. The highest BCUT2D eigenvalue weighted by atomic mass is 16.2. The molecule has 2 heterocycles. The lowest BCUT2D eigenvalue weighted by Crippen LogP contribution is -2.08. The second kappa shape index (κ2) is 12.3. The third-order valence-electron chi connectivity index (χ3n) is 5.93. The van der Waals surface area contributed by atoms with E-state index in [1.54, 1.807) is 21.8 Å². The Bertz CT molecular complexity index is 1250. The molecule has 0 aliphatic carbocycles. The minimum atomic E-state index is 0.143. The molecule has 6 heteroatoms. The van der Waals surface area contributed by atoms with Crippen molar-refractivity contribution in [3.63, 3.8) is 0 Å². The molecule has 0 aliphatic rings. The number of benzene rings is 2. The number of imidazole rings is 2. The van der Waals surface area contributed by atoms with Gasteiger partial charge in [-0.2, -0.15) is 0 Å². The average Bonchev–Trinajstić information content (AvgIpc) is 3.43. The summed E-state index contributed by atoms with van der Waals surface area (Å²) in [6.45, 7) is 8.33. The molecule has 0 unspecified atom stereocenters. The Balaban J connectivity index is 0.000000191. The molecule has 0 aliphatic heterocycles. The number of unbranched alkanes of at least 4 members (excludes halogenated alkanes) is 4. The number of aromatic nitrogens is 4. The standard InChI is InChI=1S/2C14H18N2O/c1-3-4-5-6-14(17)16-10-15-12-9-11(2)7-8-13(12)16;1-3-4-5-6-14(17)16-10-15-12-8-7-11(2)9-13(12)16/h2*7-10H,3-6H2,1-2H3. The fraction of sp³-hybridized carbons (Fsp3) is 0.429. The number of carbonyl (C=O) groups is 2. The van der Waals surface area contributed by atoms with Gasteiger partial charge in [0.25, 0.3) is 0 Å². The van der Waals surface area contributed by atoms with Crippen molar-refractivity contribution in [3.05, 3.63) is 60.2 Å². The monoisotopic (exact) mass is 460 g/mol. The largest absolute Gasteiger partial charge is 0.274 e. The van der Waals surface area contributed by atoms with Crippen LogP contribution >= 0.6 is 0 Å². The van der Waals surface area contributed by atoms with Gasteiger partial charge in [-0.05, 0) is 62.1 Å². The van der Waals surface area contributed by atoms with Crippen LogP contribution in [-0.4, -0.2) is 30.9 Å². The molecule has 4 rings (SSSR count). The van der Waals surface area contributed by atoms with E-state index in [2.05, 4.69) is 23.8 Å². The molecule has 0 spiro atoms. The maximum atomic E-state index is 12.0. The van der Waals surface area contributed by atoms with E-state index in [4.69, 9.17) is 0 Å². The number of fused-ring (bicyclic) bond motifs is 2. The van der Waals surface area contributed by atoms with E-state index in [1.165, 1.54) is 5.56 Å². The van der Waals surface area contributed by atoms with Crippen LogP contribution in [0.25, 0.3) is 22.1 Å². The number of nitrogens with zero attached hydrogens (tertiary/aromatic N) is 4. The molecule has 0 bridgehead atoms. The zero-order chi connectivity index (χ0) is 24.5. The van der Waals surface area contributed by atoms with E-state index < -0.39 is 0 Å². The Labute approximate surface area is 202 Å². The summed E-state index contributed by atoms with van der Waals surface area (Å²) in [5.74, 6) is 0.288. The number of hydrogen-bond acceptors (Lipinski definition) is 4. The summed E-state index contributed by atoms with van der Waals surface area (Å²) in [5.41, 5.74) is 5.94. The van der Waals surface area contributed by atoms with Crippen LogP contribution < -0.4 is 0 Å². The topological polar surface area (TPSA) is 69.8 Å². The third kappa shape index (κ3) is 6.40. The molecule has 2 aromatic carbocycles. The molecule has 0 saturated carbocycles. The molecule has 6 nitrogen and oxygen atoms in total. The van der Waals surface area contributed by atoms with Crippen molar-refractivity contribution < 1.29 is 9.59 Å². The highest BCUT2D eigenvalue weighted by Gasteiger charge is 2.10. The molecule has 0 amide bonds. The average molecular weight is 461 g/mol. The highest BCUT2D eigenvalue weighted by Crippen LogP contribution is 2.17. The van der Waals surface area contributed by atoms with Crippen LogP contribution in [0.3, 0.4) is 0 Å². The summed E-state index contributed by atoms with van der Waals surface area (Å²) < 4.78 is 3.35. The van der Waals surface area contributed by atoms with Crippen LogP contribution in [-0.2, 0) is 0 Å². The number of rotatable bonds is 8. The van der Waals surface area contributed by atoms with Gasteiger partial charge < -0.3 is 0 Å². The van der Waals surface area contributed by atoms with Gasteiger partial charge in [0, 0.05) is 12.8 Å². The molecule has 34 heavy (non-hydrogen) atoms. The Morgan fingerprint density at radius 3 is 1.82 bits per heavy atom. The lowest BCUT2D eigenvalue weighted by atomic mass is 10.2. The predicted molar refractivity (Wildman–Crippen MR) is 138 cm³/mol. The van der Waals surface area contributed by atoms with Crippen LogP contribution in [0, 0.1) is 13.8 Å². The van der Waals surface area contributed by atoms with Crippen molar-refractivity contribution in [2.24, 2.45) is 0 Å². The number of aryl methyl sites for hydroxylation is 2. The van der Waals surface area contributed by atoms with Crippen LogP contribution in [0.2, 0.25) is 0 Å². The van der Waals surface area contributed by atoms with Gasteiger partial charge in [-0.1, -0.05) is 51.7 Å². The van der Waals surface area contributed by atoms with Crippen molar-refractivity contribution in [2.75, 3.05) is 0 Å². The van der Waals surface area contributed by atoms with Gasteiger partial charge in [-0.3, -0.25) is 18.7 Å². The second-order valence-electron chi connectivity index (χ2n) is 8.92. The zero-order valence-corrected chi connectivity index (χ0v) is 20.9. The molecular weight excluding hydrogens is 424 g/mol. The first-order valence-corrected chi connectivity index (χ1v) is 12.4. The molecule has 0 atom stereocenters. The van der Waals surface area contributed by atoms with Gasteiger partial charge in [0.1, 0.15) is 12.7 Å². The first kappa shape index (κ1) is 25.3. The Morgan fingerprint density at radius 1 is 0.676 bits per heavy atom. The smallest absolute Gasteiger partial charge is 0.232 e. The SMILES string of the molecule is CCCCCC(=O)n1cnc2cc(C)ccc21.CCCCCC(=O)n1cnc2ccc(C)cc21. The predicted octanol–water partition coefficient (Wildman–Crippen LogP) is 7.13. The van der Waals surface area contributed by atoms with Gasteiger partial charge in [0.15, 0.2) is 0 Å². The maximum absolute atomic E-state index is 12.0. The summed E-state index contributed by atoms with van der Waals surface area (Å²) >= 11 is 0. The van der Waals surface area contributed by atoms with Crippen molar-refractivity contribution in [1.29, 1.82) is 0 Å². The number of carbonyl (C=O) groups excluding carboxylic acids is 2. The molecule has 0 fully saturated rings. The summed E-state index contributed by atoms with van der Waals surface area (Å²) in [6.07, 6.45) is 10.9. The minimum Gasteiger partial charge on any atom is -0.274 e. The van der Waals surface area contributed by atoms with E-state index in [0.717, 1.165) is 66.2 Å². The summed E-state index contributed by atoms with van der Waals surface area (Å²) in [4.78, 5) is 32.6. The molecule has 0 N–H and O–H groups in total. The van der Waals surface area contributed by atoms with E-state index in [-0.39, 0.29) is 11.8 Å². The van der Waals surface area contributed by atoms with Gasteiger partial charge in [0.05, 0.1) is 22.1 Å². The van der Waals surface area contributed by atoms with Gasteiger partial charge >= 0.3 is 0 Å². The molecule has 0 saturated heterocycles. The molecular formula is C28H36N4O2. The van der Waals surface area contributed by atoms with E-state index >= 15 is 0 Å². The lowest BCUT2D eigenvalue weighted by Gasteiger charge is -2.03. The third-order valence-corrected chi connectivity index (χ3v) is 5.93. The lowest BCUT2D eigenvalue weighted by molar-refractivity contribution is 0.0895. The summed E-state index contributed by atoms with van der Waals surface area (Å²) in [6, 6.07) is 12.0. The second-order valence-corrected chi connectivity index (χ2v) is 8.92. The van der Waals surface area contributed by atoms with Crippen molar-refractivity contribution in [2.45, 2.75) is 79.1 Å². The van der Waals surface area contributed by atoms with Gasteiger partial charge in [-0.15, -0.1) is 0 Å². The molecule has 2 aromatic heterocycles. The van der Waals surface area contributed by atoms with Crippen LogP contribution in [0.1, 0.15) is 85.9 Å². The first-order chi connectivity index (χ1) is 16.4. The summed E-state index contributed by atoms with van der Waals surface area (Å²) in [7, 11) is 0. The van der Waals surface area contributed by atoms with Crippen LogP contribution in [0.15, 0.2) is 49.1 Å². The first-order valence-electron chi connectivity index (χ1n) is 12.4. The fourth-order valence-electron chi connectivity index (χ4n) is 3.93. The minimum absolute atomic E-state index is 0.143. The maximum Gasteiger partial charge on any atom is 0.232 e. The fourth-order valence-corrected chi connectivity index (χ4v) is 3.93. The van der Waals surface area contributed by atoms with E-state index in [1.807, 2.05) is 50.2 Å². The number of hydrogen-bond donors (Lipinski definition) is 0. The van der Waals surface area contributed by atoms with Crippen molar-refractivity contribution in [3.8, 4) is 0 Å².